The van der Waals surface area contributed by atoms with Crippen molar-refractivity contribution >= 4 is 49.7 Å². The Labute approximate surface area is 250 Å². The Balaban J connectivity index is 1.17. The summed E-state index contributed by atoms with van der Waals surface area (Å²) in [5.41, 5.74) is 11.1. The molecule has 6 unspecified atom stereocenters. The number of aliphatic hydroxyl groups excluding tert-OH is 2. The monoisotopic (exact) mass is 672 g/mol. The number of nitrogens with two attached hydrogens (primary N) is 2. The van der Waals surface area contributed by atoms with E-state index in [-0.39, 0.29) is 40.5 Å². The van der Waals surface area contributed by atoms with Crippen molar-refractivity contribution in [1.82, 2.24) is 39.0 Å². The highest BCUT2D eigenvalue weighted by Crippen LogP contribution is 2.55. The fourth-order valence-corrected chi connectivity index (χ4v) is 7.86. The van der Waals surface area contributed by atoms with Crippen LogP contribution in [0.4, 0.5) is 11.8 Å². The molecule has 0 amide bonds. The van der Waals surface area contributed by atoms with Crippen molar-refractivity contribution in [3.63, 3.8) is 0 Å². The van der Waals surface area contributed by atoms with E-state index < -0.39 is 83.1 Å². The van der Waals surface area contributed by atoms with Crippen LogP contribution in [0.25, 0.3) is 22.3 Å². The van der Waals surface area contributed by atoms with Crippen LogP contribution in [-0.2, 0) is 32.0 Å². The van der Waals surface area contributed by atoms with Gasteiger partial charge in [0.15, 0.2) is 28.9 Å². The lowest BCUT2D eigenvalue weighted by atomic mass is 10.1. The number of ether oxygens (including phenoxy) is 1. The Hall–Kier alpha value is -3.40. The largest absolute Gasteiger partial charge is 0.472 e. The molecule has 4 aromatic heterocycles. The number of nitrogen functional groups attached to an aromatic ring is 2. The van der Waals surface area contributed by atoms with Gasteiger partial charge in [0.25, 0.3) is 5.56 Å². The van der Waals surface area contributed by atoms with E-state index in [4.69, 9.17) is 34.3 Å². The van der Waals surface area contributed by atoms with Crippen LogP contribution in [-0.4, -0.2) is 103 Å². The topological polar surface area (TPSA) is 320 Å². The Morgan fingerprint density at radius 3 is 2.36 bits per heavy atom. The van der Waals surface area contributed by atoms with Gasteiger partial charge < -0.3 is 40.8 Å². The molecule has 1 aliphatic carbocycles. The highest BCUT2D eigenvalue weighted by atomic mass is 31.2. The maximum absolute atomic E-state index is 13.1. The lowest BCUT2D eigenvalue weighted by Gasteiger charge is -2.28. The first kappa shape index (κ1) is 30.3. The molecule has 4 aromatic rings. The number of aromatic amines is 1. The van der Waals surface area contributed by atoms with Gasteiger partial charge in [0, 0.05) is 5.92 Å². The molecule has 2 aliphatic heterocycles. The van der Waals surface area contributed by atoms with Crippen molar-refractivity contribution < 1.29 is 52.0 Å². The van der Waals surface area contributed by atoms with E-state index in [0.29, 0.717) is 0 Å². The number of phosphoric ester groups is 2. The summed E-state index contributed by atoms with van der Waals surface area (Å²) < 4.78 is 55.8. The lowest BCUT2D eigenvalue weighted by molar-refractivity contribution is -0.0606. The fourth-order valence-electron chi connectivity index (χ4n) is 5.85. The smallest absolute Gasteiger partial charge is 0.388 e. The Bertz CT molecular complexity index is 1940. The minimum Gasteiger partial charge on any atom is -0.388 e. The molecule has 0 spiro atoms. The molecule has 10 atom stereocenters. The summed E-state index contributed by atoms with van der Waals surface area (Å²) in [6.07, 6.45) is -5.53. The highest BCUT2D eigenvalue weighted by molar-refractivity contribution is 7.47. The number of H-pyrrole nitrogens is 1. The molecule has 22 nitrogen and oxygen atoms in total. The molecular formula is C21H26N10O12P2. The molecule has 6 heterocycles. The summed E-state index contributed by atoms with van der Waals surface area (Å²) in [7, 11) is -9.94. The number of rotatable bonds is 2. The van der Waals surface area contributed by atoms with Crippen molar-refractivity contribution in [2.24, 2.45) is 5.92 Å². The molecule has 9 N–H and O–H groups in total. The molecule has 242 valence electrons. The zero-order chi connectivity index (χ0) is 31.8. The molecule has 2 saturated heterocycles. The number of nitrogens with one attached hydrogen (secondary N) is 1. The average Bonchev–Trinajstić information content (AvgIpc) is 3.72. The van der Waals surface area contributed by atoms with Crippen LogP contribution in [0.5, 0.6) is 0 Å². The number of anilines is 2. The van der Waals surface area contributed by atoms with Gasteiger partial charge in [-0.15, -0.1) is 0 Å². The number of hydrogen-bond donors (Lipinski definition) is 7. The minimum atomic E-state index is -4.98. The predicted molar refractivity (Wildman–Crippen MR) is 147 cm³/mol. The van der Waals surface area contributed by atoms with Crippen LogP contribution in [0, 0.1) is 5.92 Å². The molecule has 1 saturated carbocycles. The molecule has 0 radical (unpaired) electrons. The van der Waals surface area contributed by atoms with Crippen molar-refractivity contribution in [3.05, 3.63) is 29.3 Å². The number of aromatic nitrogens is 8. The molecule has 3 fully saturated rings. The van der Waals surface area contributed by atoms with Gasteiger partial charge in [0.2, 0.25) is 5.95 Å². The quantitative estimate of drug-likeness (QED) is 0.117. The van der Waals surface area contributed by atoms with Crippen molar-refractivity contribution in [1.29, 1.82) is 0 Å². The normalized spacial score (nSPS) is 37.7. The Kier molecular flexibility index (Phi) is 7.30. The van der Waals surface area contributed by atoms with Crippen LogP contribution in [0.3, 0.4) is 0 Å². The summed E-state index contributed by atoms with van der Waals surface area (Å²) in [6, 6.07) is -0.850. The average molecular weight is 672 g/mol. The maximum Gasteiger partial charge on any atom is 0.472 e. The third-order valence-electron chi connectivity index (χ3n) is 7.88. The number of fused-ring (bicyclic) bond motifs is 4. The molecule has 3 aliphatic rings. The van der Waals surface area contributed by atoms with E-state index in [1.807, 2.05) is 0 Å². The molecule has 0 aromatic carbocycles. The van der Waals surface area contributed by atoms with E-state index >= 15 is 0 Å². The van der Waals surface area contributed by atoms with Gasteiger partial charge in [-0.3, -0.25) is 32.4 Å². The van der Waals surface area contributed by atoms with Crippen LogP contribution < -0.4 is 17.0 Å². The van der Waals surface area contributed by atoms with Gasteiger partial charge in [-0.05, 0) is 6.42 Å². The molecule has 0 bridgehead atoms. The number of nitrogens with zero attached hydrogens (tertiary/aromatic N) is 7. The Morgan fingerprint density at radius 1 is 0.889 bits per heavy atom. The lowest BCUT2D eigenvalue weighted by Crippen LogP contribution is -2.37. The molecule has 45 heavy (non-hydrogen) atoms. The van der Waals surface area contributed by atoms with E-state index in [1.54, 1.807) is 0 Å². The zero-order valence-corrected chi connectivity index (χ0v) is 24.5. The fraction of sp³-hybridized carbons (Fsp3) is 0.524. The first-order chi connectivity index (χ1) is 21.3. The van der Waals surface area contributed by atoms with Gasteiger partial charge >= 0.3 is 15.6 Å². The maximum atomic E-state index is 13.1. The molecule has 7 rings (SSSR count). The van der Waals surface area contributed by atoms with Crippen LogP contribution in [0.1, 0.15) is 18.7 Å². The van der Waals surface area contributed by atoms with Crippen LogP contribution in [0.2, 0.25) is 0 Å². The number of phosphoric acid groups is 2. The van der Waals surface area contributed by atoms with Gasteiger partial charge in [-0.1, -0.05) is 0 Å². The van der Waals surface area contributed by atoms with E-state index in [1.165, 1.54) is 17.2 Å². The first-order valence-electron chi connectivity index (χ1n) is 13.3. The number of hydrogen-bond acceptors (Lipinski definition) is 17. The number of aliphatic hydroxyl groups is 2. The SMILES string of the molecule is Nc1nc2c(ncn2[C@@H]2O[C@@H]3COP(=O)(O)OC4C(O)[C@H](n5cnc6c(N)ncnc65)C[C@@H]4COP(=O)(O)OC3C2O)c(=O)[nH]1. The van der Waals surface area contributed by atoms with Gasteiger partial charge in [0.05, 0.1) is 31.9 Å². The van der Waals surface area contributed by atoms with Gasteiger partial charge in [-0.2, -0.15) is 4.98 Å². The second-order valence-electron chi connectivity index (χ2n) is 10.6. The van der Waals surface area contributed by atoms with E-state index in [2.05, 4.69) is 29.9 Å². The van der Waals surface area contributed by atoms with E-state index in [0.717, 1.165) is 10.9 Å². The van der Waals surface area contributed by atoms with Crippen LogP contribution in [0.15, 0.2) is 23.8 Å². The third kappa shape index (κ3) is 5.32. The summed E-state index contributed by atoms with van der Waals surface area (Å²) in [5, 5.41) is 22.4. The first-order valence-corrected chi connectivity index (χ1v) is 16.3. The van der Waals surface area contributed by atoms with E-state index in [9.17, 15) is 33.9 Å². The summed E-state index contributed by atoms with van der Waals surface area (Å²) in [4.78, 5) is 56.0. The molecule has 24 heteroatoms. The van der Waals surface area contributed by atoms with Gasteiger partial charge in [0.1, 0.15) is 42.4 Å². The molecular weight excluding hydrogens is 646 g/mol. The summed E-state index contributed by atoms with van der Waals surface area (Å²) in [5.74, 6) is -1.11. The van der Waals surface area contributed by atoms with Gasteiger partial charge in [-0.25, -0.2) is 29.1 Å². The van der Waals surface area contributed by atoms with Crippen molar-refractivity contribution in [2.45, 2.75) is 49.2 Å². The second-order valence-corrected chi connectivity index (χ2v) is 13.4. The zero-order valence-electron chi connectivity index (χ0n) is 22.7. The standard InChI is InChI=1S/C21H26N10O12P2/c22-16-10-17(25-4-24-16)30(5-26-10)8-1-7-2-39-44(35,36)43-15-9(3-40-45(37,38)42-14(7)12(8)32)41-20(13(15)33)31-6-27-11-18(31)28-21(23)29-19(11)34/h4-9,12-15,20,32-33H,1-3H2,(H,35,36)(H,37,38)(H2,22,24,25)(H3,23,28,29,34)/t7-,8-,9-,12?,13?,14?,15?,20-/m1/s1. The second kappa shape index (κ2) is 10.9. The third-order valence-corrected chi connectivity index (χ3v) is 9.85. The van der Waals surface area contributed by atoms with Crippen LogP contribution >= 0.6 is 15.6 Å². The number of imidazole rings is 2. The summed E-state index contributed by atoms with van der Waals surface area (Å²) >= 11 is 0. The van der Waals surface area contributed by atoms with Crippen molar-refractivity contribution in [3.8, 4) is 0 Å². The Morgan fingerprint density at radius 2 is 1.58 bits per heavy atom. The predicted octanol–water partition coefficient (Wildman–Crippen LogP) is -1.68. The summed E-state index contributed by atoms with van der Waals surface area (Å²) in [6.45, 7) is -1.39. The highest BCUT2D eigenvalue weighted by Gasteiger charge is 2.53. The van der Waals surface area contributed by atoms with Crippen molar-refractivity contribution in [2.75, 3.05) is 24.7 Å². The minimum absolute atomic E-state index is 0.00400.